The molecule has 0 fully saturated rings. The standard InChI is InChI=1S/C15H14F2O2/c1-9-7-15(13(10(2)18)8-14(9)17)19-12-5-3-11(16)4-6-12/h3-8,10,18H,1-2H3/t10-/m1/s1. The number of rotatable bonds is 3. The first kappa shape index (κ1) is 13.5. The topological polar surface area (TPSA) is 29.5 Å². The van der Waals surface area contributed by atoms with Crippen molar-refractivity contribution in [1.29, 1.82) is 0 Å². The zero-order valence-corrected chi connectivity index (χ0v) is 10.7. The van der Waals surface area contributed by atoms with Crippen LogP contribution in [0.25, 0.3) is 0 Å². The Morgan fingerprint density at radius 3 is 2.32 bits per heavy atom. The fraction of sp³-hybridized carbons (Fsp3) is 0.200. The van der Waals surface area contributed by atoms with E-state index in [0.29, 0.717) is 22.6 Å². The second-order valence-electron chi connectivity index (χ2n) is 4.37. The molecule has 2 aromatic rings. The van der Waals surface area contributed by atoms with E-state index in [1.807, 2.05) is 0 Å². The van der Waals surface area contributed by atoms with Crippen LogP contribution >= 0.6 is 0 Å². The van der Waals surface area contributed by atoms with Gasteiger partial charge >= 0.3 is 0 Å². The van der Waals surface area contributed by atoms with Gasteiger partial charge in [-0.05, 0) is 55.8 Å². The summed E-state index contributed by atoms with van der Waals surface area (Å²) in [6, 6.07) is 8.25. The molecule has 0 unspecified atom stereocenters. The number of hydrogen-bond acceptors (Lipinski definition) is 2. The summed E-state index contributed by atoms with van der Waals surface area (Å²) in [6.07, 6.45) is -0.856. The van der Waals surface area contributed by atoms with E-state index in [2.05, 4.69) is 0 Å². The minimum atomic E-state index is -0.856. The molecule has 2 nitrogen and oxygen atoms in total. The minimum absolute atomic E-state index is 0.354. The zero-order valence-electron chi connectivity index (χ0n) is 10.7. The maximum absolute atomic E-state index is 13.5. The van der Waals surface area contributed by atoms with Gasteiger partial charge in [0.1, 0.15) is 23.1 Å². The Morgan fingerprint density at radius 1 is 1.11 bits per heavy atom. The number of benzene rings is 2. The summed E-state index contributed by atoms with van der Waals surface area (Å²) in [5.74, 6) is 0.0237. The van der Waals surface area contributed by atoms with Crippen molar-refractivity contribution in [1.82, 2.24) is 0 Å². The summed E-state index contributed by atoms with van der Waals surface area (Å²) >= 11 is 0. The summed E-state index contributed by atoms with van der Waals surface area (Å²) in [4.78, 5) is 0. The first-order valence-corrected chi connectivity index (χ1v) is 5.89. The summed E-state index contributed by atoms with van der Waals surface area (Å²) in [7, 11) is 0. The van der Waals surface area contributed by atoms with Gasteiger partial charge < -0.3 is 9.84 Å². The smallest absolute Gasteiger partial charge is 0.133 e. The van der Waals surface area contributed by atoms with Gasteiger partial charge in [-0.25, -0.2) is 8.78 Å². The van der Waals surface area contributed by atoms with Crippen LogP contribution in [0.5, 0.6) is 11.5 Å². The van der Waals surface area contributed by atoms with E-state index >= 15 is 0 Å². The predicted octanol–water partition coefficient (Wildman–Crippen LogP) is 4.12. The van der Waals surface area contributed by atoms with Gasteiger partial charge in [0.15, 0.2) is 0 Å². The van der Waals surface area contributed by atoms with Crippen LogP contribution in [0.4, 0.5) is 8.78 Å². The molecule has 1 atom stereocenters. The summed E-state index contributed by atoms with van der Waals surface area (Å²) in [5.41, 5.74) is 0.772. The molecule has 0 radical (unpaired) electrons. The predicted molar refractivity (Wildman–Crippen MR) is 68.2 cm³/mol. The third-order valence-electron chi connectivity index (χ3n) is 2.78. The highest BCUT2D eigenvalue weighted by molar-refractivity contribution is 5.42. The molecule has 4 heteroatoms. The molecule has 0 aliphatic rings. The van der Waals surface area contributed by atoms with E-state index in [4.69, 9.17) is 4.74 Å². The van der Waals surface area contributed by atoms with Crippen LogP contribution < -0.4 is 4.74 Å². The van der Waals surface area contributed by atoms with Gasteiger partial charge in [-0.1, -0.05) is 0 Å². The highest BCUT2D eigenvalue weighted by Gasteiger charge is 2.13. The van der Waals surface area contributed by atoms with Crippen LogP contribution in [0.1, 0.15) is 24.2 Å². The lowest BCUT2D eigenvalue weighted by atomic mass is 10.1. The normalized spacial score (nSPS) is 12.3. The lowest BCUT2D eigenvalue weighted by molar-refractivity contribution is 0.195. The Morgan fingerprint density at radius 2 is 1.74 bits per heavy atom. The van der Waals surface area contributed by atoms with E-state index in [1.54, 1.807) is 6.92 Å². The fourth-order valence-electron chi connectivity index (χ4n) is 1.71. The number of aliphatic hydroxyl groups excluding tert-OH is 1. The third-order valence-corrected chi connectivity index (χ3v) is 2.78. The van der Waals surface area contributed by atoms with Gasteiger partial charge in [0.05, 0.1) is 6.10 Å². The van der Waals surface area contributed by atoms with Gasteiger partial charge in [-0.15, -0.1) is 0 Å². The molecule has 0 aliphatic heterocycles. The van der Waals surface area contributed by atoms with E-state index in [0.717, 1.165) is 0 Å². The zero-order chi connectivity index (χ0) is 14.0. The SMILES string of the molecule is Cc1cc(Oc2ccc(F)cc2)c([C@@H](C)O)cc1F. The summed E-state index contributed by atoms with van der Waals surface area (Å²) < 4.78 is 31.9. The number of ether oxygens (including phenoxy) is 1. The van der Waals surface area contributed by atoms with E-state index in [1.165, 1.54) is 43.3 Å². The Kier molecular flexibility index (Phi) is 3.81. The molecule has 0 aliphatic carbocycles. The van der Waals surface area contributed by atoms with Crippen molar-refractivity contribution in [2.45, 2.75) is 20.0 Å². The molecule has 0 bridgehead atoms. The molecule has 0 amide bonds. The fourth-order valence-corrected chi connectivity index (χ4v) is 1.71. The molecule has 0 aromatic heterocycles. The van der Waals surface area contributed by atoms with Gasteiger partial charge in [0, 0.05) is 5.56 Å². The average molecular weight is 264 g/mol. The first-order chi connectivity index (χ1) is 8.97. The molecule has 2 rings (SSSR count). The molecule has 0 saturated carbocycles. The number of halogens is 2. The van der Waals surface area contributed by atoms with Crippen LogP contribution in [0.15, 0.2) is 36.4 Å². The largest absolute Gasteiger partial charge is 0.457 e. The number of aliphatic hydroxyl groups is 1. The quantitative estimate of drug-likeness (QED) is 0.903. The summed E-state index contributed by atoms with van der Waals surface area (Å²) in [6.45, 7) is 3.14. The van der Waals surface area contributed by atoms with Gasteiger partial charge in [-0.2, -0.15) is 0 Å². The molecular weight excluding hydrogens is 250 g/mol. The van der Waals surface area contributed by atoms with Crippen LogP contribution in [0.3, 0.4) is 0 Å². The van der Waals surface area contributed by atoms with Crippen molar-refractivity contribution in [3.63, 3.8) is 0 Å². The van der Waals surface area contributed by atoms with Crippen molar-refractivity contribution < 1.29 is 18.6 Å². The second kappa shape index (κ2) is 5.36. The van der Waals surface area contributed by atoms with Gasteiger partial charge in [0.25, 0.3) is 0 Å². The Bertz CT molecular complexity index is 577. The molecule has 2 aromatic carbocycles. The molecule has 0 heterocycles. The van der Waals surface area contributed by atoms with Crippen LogP contribution in [0, 0.1) is 18.6 Å². The van der Waals surface area contributed by atoms with Crippen molar-refractivity contribution in [2.24, 2.45) is 0 Å². The molecule has 0 saturated heterocycles. The molecule has 100 valence electrons. The van der Waals surface area contributed by atoms with Crippen molar-refractivity contribution in [2.75, 3.05) is 0 Å². The van der Waals surface area contributed by atoms with E-state index < -0.39 is 11.9 Å². The second-order valence-corrected chi connectivity index (χ2v) is 4.37. The lowest BCUT2D eigenvalue weighted by Gasteiger charge is -2.14. The maximum Gasteiger partial charge on any atom is 0.133 e. The Labute approximate surface area is 110 Å². The number of aryl methyl sites for hydroxylation is 1. The van der Waals surface area contributed by atoms with E-state index in [-0.39, 0.29) is 5.82 Å². The molecule has 0 spiro atoms. The van der Waals surface area contributed by atoms with E-state index in [9.17, 15) is 13.9 Å². The average Bonchev–Trinajstić information content (AvgIpc) is 2.36. The van der Waals surface area contributed by atoms with Crippen molar-refractivity contribution in [3.8, 4) is 11.5 Å². The Hall–Kier alpha value is -1.94. The Balaban J connectivity index is 2.38. The van der Waals surface area contributed by atoms with Crippen LogP contribution in [-0.2, 0) is 0 Å². The highest BCUT2D eigenvalue weighted by atomic mass is 19.1. The van der Waals surface area contributed by atoms with Crippen LogP contribution in [0.2, 0.25) is 0 Å². The lowest BCUT2D eigenvalue weighted by Crippen LogP contribution is -1.99. The molecular formula is C15H14F2O2. The van der Waals surface area contributed by atoms with Crippen LogP contribution in [-0.4, -0.2) is 5.11 Å². The number of hydrogen-bond donors (Lipinski definition) is 1. The molecule has 1 N–H and O–H groups in total. The van der Waals surface area contributed by atoms with Gasteiger partial charge in [-0.3, -0.25) is 0 Å². The van der Waals surface area contributed by atoms with Crippen molar-refractivity contribution >= 4 is 0 Å². The monoisotopic (exact) mass is 264 g/mol. The third kappa shape index (κ3) is 3.09. The van der Waals surface area contributed by atoms with Gasteiger partial charge in [0.2, 0.25) is 0 Å². The van der Waals surface area contributed by atoms with Crippen molar-refractivity contribution in [3.05, 3.63) is 59.2 Å². The minimum Gasteiger partial charge on any atom is -0.457 e. The highest BCUT2D eigenvalue weighted by Crippen LogP contribution is 2.31. The molecule has 19 heavy (non-hydrogen) atoms. The first-order valence-electron chi connectivity index (χ1n) is 5.89. The maximum atomic E-state index is 13.5. The summed E-state index contributed by atoms with van der Waals surface area (Å²) in [5, 5.41) is 9.64.